The first kappa shape index (κ1) is 72.3. The molecule has 0 fully saturated rings. The van der Waals surface area contributed by atoms with Gasteiger partial charge in [0.25, 0.3) is 11.9 Å². The molecule has 14 heavy (non-hydrogen) atoms. The third kappa shape index (κ3) is 2000. The van der Waals surface area contributed by atoms with Gasteiger partial charge in [0.15, 0.2) is 0 Å². The summed E-state index contributed by atoms with van der Waals surface area (Å²) in [6.07, 6.45) is 0. The van der Waals surface area contributed by atoms with Crippen molar-refractivity contribution in [2.75, 3.05) is 0 Å². The van der Waals surface area contributed by atoms with Crippen molar-refractivity contribution in [2.24, 2.45) is 0 Å². The summed E-state index contributed by atoms with van der Waals surface area (Å²) >= 11 is 0. The van der Waals surface area contributed by atoms with Crippen LogP contribution >= 0.6 is 0 Å². The number of carboxylic acids is 2. The maximum absolute atomic E-state index is 9.00. The van der Waals surface area contributed by atoms with E-state index in [1.165, 1.54) is 0 Å². The SMILES string of the molecule is CC(=O)O.CC(=O)O.O.O.O.O.O.[Ni]. The Bertz CT molecular complexity index is 74.8. The summed E-state index contributed by atoms with van der Waals surface area (Å²) < 4.78 is 0. The molecule has 12 N–H and O–H groups in total. The summed E-state index contributed by atoms with van der Waals surface area (Å²) in [4.78, 5) is 18.0. The Morgan fingerprint density at radius 1 is 0.714 bits per heavy atom. The van der Waals surface area contributed by atoms with Gasteiger partial charge in [-0.15, -0.1) is 0 Å². The topological polar surface area (TPSA) is 232 Å². The molecule has 0 aromatic carbocycles. The molecule has 9 nitrogen and oxygen atoms in total. The minimum absolute atomic E-state index is 0. The first-order chi connectivity index (χ1) is 3.46. The zero-order chi connectivity index (χ0) is 7.15. The fourth-order valence-electron chi connectivity index (χ4n) is 0. The van der Waals surface area contributed by atoms with Crippen LogP contribution < -0.4 is 0 Å². The van der Waals surface area contributed by atoms with Gasteiger partial charge in [-0.1, -0.05) is 0 Å². The Hall–Kier alpha value is -0.766. The van der Waals surface area contributed by atoms with E-state index in [0.29, 0.717) is 0 Å². The van der Waals surface area contributed by atoms with E-state index in [2.05, 4.69) is 0 Å². The van der Waals surface area contributed by atoms with Gasteiger partial charge in [-0.05, 0) is 0 Å². The molecule has 10 heteroatoms. The molecule has 0 aliphatic carbocycles. The van der Waals surface area contributed by atoms with Crippen LogP contribution in [0.5, 0.6) is 0 Å². The van der Waals surface area contributed by atoms with Crippen molar-refractivity contribution < 1.29 is 63.7 Å². The minimum atomic E-state index is -0.833. The van der Waals surface area contributed by atoms with Gasteiger partial charge in [0.2, 0.25) is 0 Å². The van der Waals surface area contributed by atoms with Gasteiger partial charge in [0.1, 0.15) is 0 Å². The van der Waals surface area contributed by atoms with Crippen LogP contribution in [-0.4, -0.2) is 49.5 Å². The fraction of sp³-hybridized carbons (Fsp3) is 0.500. The first-order valence-corrected chi connectivity index (χ1v) is 1.86. The maximum Gasteiger partial charge on any atom is 0.300 e. The standard InChI is InChI=1S/2C2H4O2.Ni.5H2O/c2*1-2(3)4;;;;;;/h2*1H3,(H,3,4);;5*1H2. The number of carboxylic acid groups (broad SMARTS) is 2. The second-order valence-electron chi connectivity index (χ2n) is 1.04. The molecule has 0 radical (unpaired) electrons. The summed E-state index contributed by atoms with van der Waals surface area (Å²) in [5, 5.41) is 14.8. The summed E-state index contributed by atoms with van der Waals surface area (Å²) in [5.74, 6) is -1.67. The van der Waals surface area contributed by atoms with Crippen LogP contribution in [0.3, 0.4) is 0 Å². The van der Waals surface area contributed by atoms with Gasteiger partial charge in [-0.25, -0.2) is 0 Å². The molecule has 0 aromatic rings. The maximum atomic E-state index is 9.00. The van der Waals surface area contributed by atoms with E-state index < -0.39 is 11.9 Å². The normalized spacial score (nSPS) is 3.57. The smallest absolute Gasteiger partial charge is 0.300 e. The molecule has 0 bridgehead atoms. The van der Waals surface area contributed by atoms with Crippen molar-refractivity contribution in [1.82, 2.24) is 0 Å². The van der Waals surface area contributed by atoms with Gasteiger partial charge in [0, 0.05) is 30.3 Å². The zero-order valence-corrected chi connectivity index (χ0v) is 8.51. The Morgan fingerprint density at radius 2 is 0.714 bits per heavy atom. The monoisotopic (exact) mass is 268 g/mol. The van der Waals surface area contributed by atoms with E-state index >= 15 is 0 Å². The molecular weight excluding hydrogens is 251 g/mol. The third-order valence-corrected chi connectivity index (χ3v) is 0. The van der Waals surface area contributed by atoms with Crippen LogP contribution in [0.25, 0.3) is 0 Å². The van der Waals surface area contributed by atoms with Gasteiger partial charge >= 0.3 is 0 Å². The molecule has 0 aromatic heterocycles. The molecule has 0 spiro atoms. The van der Waals surface area contributed by atoms with Crippen LogP contribution in [0, 0.1) is 0 Å². The van der Waals surface area contributed by atoms with Gasteiger partial charge in [0.05, 0.1) is 0 Å². The van der Waals surface area contributed by atoms with E-state index in [9.17, 15) is 0 Å². The van der Waals surface area contributed by atoms with Crippen LogP contribution in [0.1, 0.15) is 13.8 Å². The molecule has 98 valence electrons. The summed E-state index contributed by atoms with van der Waals surface area (Å²) in [6.45, 7) is 2.17. The number of hydrogen-bond acceptors (Lipinski definition) is 2. The average molecular weight is 269 g/mol. The van der Waals surface area contributed by atoms with E-state index in [1.54, 1.807) is 0 Å². The van der Waals surface area contributed by atoms with Gasteiger partial charge in [-0.2, -0.15) is 0 Å². The minimum Gasteiger partial charge on any atom is -0.481 e. The Balaban J connectivity index is -0.00000000600. The molecule has 0 amide bonds. The zero-order valence-electron chi connectivity index (χ0n) is 7.53. The molecule has 0 unspecified atom stereocenters. The van der Waals surface area contributed by atoms with E-state index in [-0.39, 0.29) is 43.9 Å². The first-order valence-electron chi connectivity index (χ1n) is 1.86. The van der Waals surface area contributed by atoms with Crippen molar-refractivity contribution in [1.29, 1.82) is 0 Å². The second-order valence-corrected chi connectivity index (χ2v) is 1.04. The second kappa shape index (κ2) is 56.4. The number of hydrogen-bond donors (Lipinski definition) is 2. The summed E-state index contributed by atoms with van der Waals surface area (Å²) in [7, 11) is 0. The number of aliphatic carboxylic acids is 2. The predicted molar refractivity (Wildman–Crippen MR) is 44.7 cm³/mol. The third-order valence-electron chi connectivity index (χ3n) is 0. The van der Waals surface area contributed by atoms with Crippen molar-refractivity contribution in [3.8, 4) is 0 Å². The van der Waals surface area contributed by atoms with Crippen LogP contribution in [0.15, 0.2) is 0 Å². The Labute approximate surface area is 90.2 Å². The Kier molecular flexibility index (Phi) is 291. The van der Waals surface area contributed by atoms with Crippen molar-refractivity contribution in [3.05, 3.63) is 0 Å². The van der Waals surface area contributed by atoms with Crippen molar-refractivity contribution >= 4 is 11.9 Å². The fourth-order valence-corrected chi connectivity index (χ4v) is 0. The predicted octanol–water partition coefficient (Wildman–Crippen LogP) is -3.94. The van der Waals surface area contributed by atoms with Crippen molar-refractivity contribution in [3.63, 3.8) is 0 Å². The van der Waals surface area contributed by atoms with Gasteiger partial charge in [-0.3, -0.25) is 9.59 Å². The van der Waals surface area contributed by atoms with Gasteiger partial charge < -0.3 is 37.6 Å². The van der Waals surface area contributed by atoms with Crippen LogP contribution in [-0.2, 0) is 26.1 Å². The van der Waals surface area contributed by atoms with E-state index in [1.807, 2.05) is 0 Å². The summed E-state index contributed by atoms with van der Waals surface area (Å²) in [5.41, 5.74) is 0. The summed E-state index contributed by atoms with van der Waals surface area (Å²) in [6, 6.07) is 0. The van der Waals surface area contributed by atoms with Crippen LogP contribution in [0.4, 0.5) is 0 Å². The average Bonchev–Trinajstić information content (AvgIpc) is 1.25. The van der Waals surface area contributed by atoms with Crippen molar-refractivity contribution in [2.45, 2.75) is 13.8 Å². The molecule has 0 rings (SSSR count). The molecular formula is C4H18NiO9. The number of carbonyl (C=O) groups is 2. The molecule has 0 saturated carbocycles. The Morgan fingerprint density at radius 3 is 0.714 bits per heavy atom. The molecule has 0 aliphatic heterocycles. The molecule has 0 heterocycles. The largest absolute Gasteiger partial charge is 0.481 e. The quantitative estimate of drug-likeness (QED) is 0.418. The van der Waals surface area contributed by atoms with E-state index in [4.69, 9.17) is 19.8 Å². The number of rotatable bonds is 0. The van der Waals surface area contributed by atoms with Crippen LogP contribution in [0.2, 0.25) is 0 Å². The molecule has 0 saturated heterocycles. The molecule has 0 atom stereocenters. The van der Waals surface area contributed by atoms with E-state index in [0.717, 1.165) is 13.8 Å². The molecule has 0 aliphatic rings.